The van der Waals surface area contributed by atoms with Gasteiger partial charge in [-0.05, 0) is 62.6 Å². The van der Waals surface area contributed by atoms with Gasteiger partial charge in [0, 0.05) is 5.92 Å². The number of rotatable bonds is 8. The van der Waals surface area contributed by atoms with Gasteiger partial charge in [0.05, 0.1) is 13.2 Å². The molecule has 0 fully saturated rings. The van der Waals surface area contributed by atoms with Crippen LogP contribution < -0.4 is 15.2 Å². The second-order valence-corrected chi connectivity index (χ2v) is 5.64. The molecule has 0 amide bonds. The summed E-state index contributed by atoms with van der Waals surface area (Å²) in [6.45, 7) is 7.96. The highest BCUT2D eigenvalue weighted by atomic mass is 16.5. The molecule has 23 heavy (non-hydrogen) atoms. The van der Waals surface area contributed by atoms with Crippen molar-refractivity contribution in [2.45, 2.75) is 33.1 Å². The second kappa shape index (κ2) is 8.59. The smallest absolute Gasteiger partial charge is 0.161 e. The fourth-order valence-corrected chi connectivity index (χ4v) is 2.76. The molecule has 0 aromatic heterocycles. The first-order valence-corrected chi connectivity index (χ1v) is 8.33. The van der Waals surface area contributed by atoms with E-state index in [-0.39, 0.29) is 5.92 Å². The largest absolute Gasteiger partial charge is 0.490 e. The van der Waals surface area contributed by atoms with Gasteiger partial charge in [-0.2, -0.15) is 0 Å². The van der Waals surface area contributed by atoms with E-state index in [9.17, 15) is 0 Å². The lowest BCUT2D eigenvalue weighted by molar-refractivity contribution is 0.287. The predicted octanol–water partition coefficient (Wildman–Crippen LogP) is 4.08. The van der Waals surface area contributed by atoms with Gasteiger partial charge >= 0.3 is 0 Å². The average Bonchev–Trinajstić information content (AvgIpc) is 2.56. The second-order valence-electron chi connectivity index (χ2n) is 5.64. The Balaban J connectivity index is 2.26. The zero-order chi connectivity index (χ0) is 16.7. The number of nitrogens with two attached hydrogens (primary N) is 1. The zero-order valence-electron chi connectivity index (χ0n) is 14.3. The van der Waals surface area contributed by atoms with Crippen LogP contribution in [0.5, 0.6) is 11.5 Å². The van der Waals surface area contributed by atoms with Crippen molar-refractivity contribution in [2.24, 2.45) is 5.73 Å². The topological polar surface area (TPSA) is 44.5 Å². The lowest BCUT2D eigenvalue weighted by Crippen LogP contribution is -2.16. The number of hydrogen-bond acceptors (Lipinski definition) is 3. The average molecular weight is 313 g/mol. The van der Waals surface area contributed by atoms with Crippen LogP contribution in [0.1, 0.15) is 36.5 Å². The van der Waals surface area contributed by atoms with Crippen LogP contribution in [0.15, 0.2) is 42.5 Å². The van der Waals surface area contributed by atoms with Crippen LogP contribution in [0.25, 0.3) is 0 Å². The lowest BCUT2D eigenvalue weighted by atomic mass is 9.90. The summed E-state index contributed by atoms with van der Waals surface area (Å²) in [5, 5.41) is 0. The summed E-state index contributed by atoms with van der Waals surface area (Å²) in [5.74, 6) is 1.87. The van der Waals surface area contributed by atoms with Crippen LogP contribution in [0, 0.1) is 6.92 Å². The zero-order valence-corrected chi connectivity index (χ0v) is 14.3. The van der Waals surface area contributed by atoms with E-state index in [0.29, 0.717) is 19.8 Å². The van der Waals surface area contributed by atoms with Crippen LogP contribution in [0.4, 0.5) is 0 Å². The molecular formula is C20H27NO2. The minimum Gasteiger partial charge on any atom is -0.490 e. The maximum absolute atomic E-state index is 6.05. The Kier molecular flexibility index (Phi) is 6.48. The van der Waals surface area contributed by atoms with Gasteiger partial charge in [0.15, 0.2) is 11.5 Å². The minimum atomic E-state index is 0.269. The van der Waals surface area contributed by atoms with Crippen LogP contribution in [-0.2, 0) is 6.42 Å². The SMILES string of the molecule is CCOc1ccc(C(CN)Cc2ccccc2C)cc1OCC. The molecule has 0 aliphatic heterocycles. The number of aryl methyl sites for hydroxylation is 1. The highest BCUT2D eigenvalue weighted by Crippen LogP contribution is 2.32. The Hall–Kier alpha value is -2.00. The Morgan fingerprint density at radius 3 is 2.30 bits per heavy atom. The van der Waals surface area contributed by atoms with Crippen molar-refractivity contribution in [1.82, 2.24) is 0 Å². The van der Waals surface area contributed by atoms with E-state index in [2.05, 4.69) is 43.3 Å². The summed E-state index contributed by atoms with van der Waals surface area (Å²) in [6.07, 6.45) is 0.933. The summed E-state index contributed by atoms with van der Waals surface area (Å²) < 4.78 is 11.4. The van der Waals surface area contributed by atoms with Crippen molar-refractivity contribution in [3.05, 3.63) is 59.2 Å². The molecule has 0 saturated carbocycles. The van der Waals surface area contributed by atoms with Crippen molar-refractivity contribution < 1.29 is 9.47 Å². The lowest BCUT2D eigenvalue weighted by Gasteiger charge is -2.19. The van der Waals surface area contributed by atoms with E-state index in [1.807, 2.05) is 19.9 Å². The molecule has 2 rings (SSSR count). The fraction of sp³-hybridized carbons (Fsp3) is 0.400. The van der Waals surface area contributed by atoms with Gasteiger partial charge in [-0.1, -0.05) is 30.3 Å². The van der Waals surface area contributed by atoms with Gasteiger partial charge in [0.25, 0.3) is 0 Å². The molecule has 0 aliphatic rings. The Bertz CT molecular complexity index is 625. The molecule has 3 nitrogen and oxygen atoms in total. The van der Waals surface area contributed by atoms with Crippen LogP contribution in [0.2, 0.25) is 0 Å². The molecule has 3 heteroatoms. The Labute approximate surface area is 139 Å². The van der Waals surface area contributed by atoms with Gasteiger partial charge in [-0.3, -0.25) is 0 Å². The monoisotopic (exact) mass is 313 g/mol. The summed E-state index contributed by atoms with van der Waals surface area (Å²) in [6, 6.07) is 14.6. The van der Waals surface area contributed by atoms with Crippen LogP contribution in [0.3, 0.4) is 0 Å². The molecule has 0 heterocycles. The third kappa shape index (κ3) is 4.49. The summed E-state index contributed by atoms with van der Waals surface area (Å²) in [7, 11) is 0. The third-order valence-corrected chi connectivity index (χ3v) is 4.05. The molecule has 0 bridgehead atoms. The molecule has 0 radical (unpaired) electrons. The fourth-order valence-electron chi connectivity index (χ4n) is 2.76. The number of benzene rings is 2. The molecule has 2 aromatic rings. The molecule has 0 aliphatic carbocycles. The van der Waals surface area contributed by atoms with Crippen molar-refractivity contribution >= 4 is 0 Å². The van der Waals surface area contributed by atoms with Gasteiger partial charge in [0.2, 0.25) is 0 Å². The van der Waals surface area contributed by atoms with Gasteiger partial charge < -0.3 is 15.2 Å². The van der Waals surface area contributed by atoms with E-state index in [4.69, 9.17) is 15.2 Å². The molecule has 1 unspecified atom stereocenters. The number of hydrogen-bond donors (Lipinski definition) is 1. The maximum Gasteiger partial charge on any atom is 0.161 e. The van der Waals surface area contributed by atoms with E-state index in [1.165, 1.54) is 16.7 Å². The third-order valence-electron chi connectivity index (χ3n) is 4.05. The van der Waals surface area contributed by atoms with E-state index in [1.54, 1.807) is 0 Å². The number of ether oxygens (including phenoxy) is 2. The van der Waals surface area contributed by atoms with Gasteiger partial charge in [-0.25, -0.2) is 0 Å². The summed E-state index contributed by atoms with van der Waals surface area (Å²) in [4.78, 5) is 0. The Morgan fingerprint density at radius 1 is 0.957 bits per heavy atom. The molecular weight excluding hydrogens is 286 g/mol. The van der Waals surface area contributed by atoms with Gasteiger partial charge in [-0.15, -0.1) is 0 Å². The molecule has 124 valence electrons. The summed E-state index contributed by atoms with van der Waals surface area (Å²) in [5.41, 5.74) is 9.90. The highest BCUT2D eigenvalue weighted by Gasteiger charge is 2.15. The molecule has 1 atom stereocenters. The first-order chi connectivity index (χ1) is 11.2. The van der Waals surface area contributed by atoms with Crippen molar-refractivity contribution in [3.63, 3.8) is 0 Å². The predicted molar refractivity (Wildman–Crippen MR) is 95.5 cm³/mol. The van der Waals surface area contributed by atoms with Crippen LogP contribution >= 0.6 is 0 Å². The molecule has 0 saturated heterocycles. The first kappa shape index (κ1) is 17.4. The Morgan fingerprint density at radius 2 is 1.65 bits per heavy atom. The summed E-state index contributed by atoms with van der Waals surface area (Å²) >= 11 is 0. The highest BCUT2D eigenvalue weighted by molar-refractivity contribution is 5.44. The first-order valence-electron chi connectivity index (χ1n) is 8.33. The quantitative estimate of drug-likeness (QED) is 0.798. The van der Waals surface area contributed by atoms with Gasteiger partial charge in [0.1, 0.15) is 0 Å². The molecule has 0 spiro atoms. The van der Waals surface area contributed by atoms with E-state index >= 15 is 0 Å². The minimum absolute atomic E-state index is 0.269. The van der Waals surface area contributed by atoms with Crippen molar-refractivity contribution in [1.29, 1.82) is 0 Å². The van der Waals surface area contributed by atoms with E-state index in [0.717, 1.165) is 17.9 Å². The van der Waals surface area contributed by atoms with Crippen molar-refractivity contribution in [3.8, 4) is 11.5 Å². The normalized spacial score (nSPS) is 12.0. The molecule has 2 N–H and O–H groups in total. The maximum atomic E-state index is 6.05. The standard InChI is InChI=1S/C20H27NO2/c1-4-22-19-11-10-17(13-20(19)23-5-2)18(14-21)12-16-9-7-6-8-15(16)3/h6-11,13,18H,4-5,12,14,21H2,1-3H3. The molecule has 2 aromatic carbocycles. The van der Waals surface area contributed by atoms with Crippen molar-refractivity contribution in [2.75, 3.05) is 19.8 Å². The van der Waals surface area contributed by atoms with Crippen LogP contribution in [-0.4, -0.2) is 19.8 Å². The van der Waals surface area contributed by atoms with E-state index < -0.39 is 0 Å².